The van der Waals surface area contributed by atoms with E-state index >= 15 is 0 Å². The van der Waals surface area contributed by atoms with Crippen LogP contribution in [0, 0.1) is 0 Å². The third-order valence-electron chi connectivity index (χ3n) is 4.82. The molecule has 5 heteroatoms. The monoisotopic (exact) mass is 335 g/mol. The number of para-hydroxylation sites is 1. The lowest BCUT2D eigenvalue weighted by atomic mass is 9.83. The molecule has 4 rings (SSSR count). The number of hydrogen-bond acceptors (Lipinski definition) is 4. The number of nitrogens with zero attached hydrogens (tertiary/aromatic N) is 1. The molecule has 2 heterocycles. The highest BCUT2D eigenvalue weighted by Gasteiger charge is 2.54. The molecule has 1 amide bonds. The van der Waals surface area contributed by atoms with Gasteiger partial charge in [-0.25, -0.2) is 4.79 Å². The van der Waals surface area contributed by atoms with Gasteiger partial charge < -0.3 is 14.4 Å². The molecule has 2 aromatic carbocycles. The van der Waals surface area contributed by atoms with Crippen molar-refractivity contribution in [3.63, 3.8) is 0 Å². The number of amides is 1. The van der Waals surface area contributed by atoms with Crippen LogP contribution in [-0.4, -0.2) is 26.0 Å². The van der Waals surface area contributed by atoms with Gasteiger partial charge in [-0.05, 0) is 29.3 Å². The van der Waals surface area contributed by atoms with Gasteiger partial charge in [-0.1, -0.05) is 30.3 Å². The Bertz CT molecular complexity index is 900. The Hall–Kier alpha value is -3.08. The third-order valence-corrected chi connectivity index (χ3v) is 4.82. The van der Waals surface area contributed by atoms with Gasteiger partial charge in [0.05, 0.1) is 12.8 Å². The zero-order chi connectivity index (χ0) is 17.6. The number of rotatable bonds is 2. The number of methoxy groups -OCH3 is 1. The Labute approximate surface area is 145 Å². The second-order valence-electron chi connectivity index (χ2n) is 6.20. The first-order valence-electron chi connectivity index (χ1n) is 8.01. The van der Waals surface area contributed by atoms with Crippen molar-refractivity contribution in [1.82, 2.24) is 0 Å². The van der Waals surface area contributed by atoms with E-state index in [0.717, 1.165) is 28.1 Å². The fourth-order valence-electron chi connectivity index (χ4n) is 3.56. The first-order chi connectivity index (χ1) is 12.0. The lowest BCUT2D eigenvalue weighted by molar-refractivity contribution is -0.163. The van der Waals surface area contributed by atoms with E-state index in [1.807, 2.05) is 48.5 Å². The largest absolute Gasteiger partial charge is 0.497 e. The number of carbonyl (C=O) groups excluding carboxylic acids is 2. The highest BCUT2D eigenvalue weighted by molar-refractivity contribution is 6.10. The first-order valence-corrected chi connectivity index (χ1v) is 8.01. The molecule has 0 radical (unpaired) electrons. The van der Waals surface area contributed by atoms with Gasteiger partial charge in [0.1, 0.15) is 5.75 Å². The van der Waals surface area contributed by atoms with Crippen molar-refractivity contribution in [2.24, 2.45) is 0 Å². The van der Waals surface area contributed by atoms with E-state index in [0.29, 0.717) is 6.42 Å². The average molecular weight is 335 g/mol. The van der Waals surface area contributed by atoms with Crippen molar-refractivity contribution in [1.29, 1.82) is 0 Å². The molecule has 126 valence electrons. The minimum absolute atomic E-state index is 0.221. The second kappa shape index (κ2) is 5.48. The van der Waals surface area contributed by atoms with E-state index < -0.39 is 11.6 Å². The topological polar surface area (TPSA) is 55.8 Å². The first kappa shape index (κ1) is 15.4. The molecule has 0 saturated carbocycles. The maximum atomic E-state index is 13.0. The SMILES string of the molecule is COc1ccc(C2=CC(=O)O[C@@]3(C2)C(=O)N(C)c2ccccc23)cc1. The summed E-state index contributed by atoms with van der Waals surface area (Å²) in [5, 5.41) is 0. The smallest absolute Gasteiger partial charge is 0.332 e. The molecule has 25 heavy (non-hydrogen) atoms. The number of fused-ring (bicyclic) bond motifs is 2. The Morgan fingerprint density at radius 2 is 1.80 bits per heavy atom. The molecular formula is C20H17NO4. The van der Waals surface area contributed by atoms with Crippen molar-refractivity contribution in [3.8, 4) is 5.75 Å². The Kier molecular flexibility index (Phi) is 3.39. The van der Waals surface area contributed by atoms with E-state index in [-0.39, 0.29) is 5.91 Å². The summed E-state index contributed by atoms with van der Waals surface area (Å²) in [4.78, 5) is 26.8. The van der Waals surface area contributed by atoms with Gasteiger partial charge in [0.15, 0.2) is 0 Å². The number of anilines is 1. The highest BCUT2D eigenvalue weighted by Crippen LogP contribution is 2.49. The van der Waals surface area contributed by atoms with Crippen LogP contribution in [0.4, 0.5) is 5.69 Å². The van der Waals surface area contributed by atoms with Crippen LogP contribution >= 0.6 is 0 Å². The van der Waals surface area contributed by atoms with Gasteiger partial charge in [-0.2, -0.15) is 0 Å². The van der Waals surface area contributed by atoms with Gasteiger partial charge >= 0.3 is 5.97 Å². The Morgan fingerprint density at radius 1 is 1.08 bits per heavy atom. The normalized spacial score (nSPS) is 21.8. The molecule has 0 bridgehead atoms. The Morgan fingerprint density at radius 3 is 2.52 bits per heavy atom. The van der Waals surface area contributed by atoms with E-state index in [1.165, 1.54) is 6.08 Å². The molecule has 0 fully saturated rings. The summed E-state index contributed by atoms with van der Waals surface area (Å²) in [7, 11) is 3.31. The lowest BCUT2D eigenvalue weighted by Crippen LogP contribution is -2.44. The fourth-order valence-corrected chi connectivity index (χ4v) is 3.56. The molecule has 0 saturated heterocycles. The number of esters is 1. The number of hydrogen-bond donors (Lipinski definition) is 0. The van der Waals surface area contributed by atoms with Crippen molar-refractivity contribution < 1.29 is 19.1 Å². The van der Waals surface area contributed by atoms with Gasteiger partial charge in [-0.3, -0.25) is 4.79 Å². The Balaban J connectivity index is 1.79. The molecule has 2 aliphatic rings. The molecule has 0 aliphatic carbocycles. The average Bonchev–Trinajstić information content (AvgIpc) is 2.84. The number of likely N-dealkylation sites (N-methyl/N-ethyl adjacent to an activating group) is 1. The zero-order valence-corrected chi connectivity index (χ0v) is 14.0. The second-order valence-corrected chi connectivity index (χ2v) is 6.20. The molecule has 2 aliphatic heterocycles. The summed E-state index contributed by atoms with van der Waals surface area (Å²) in [5.74, 6) is 0.0103. The van der Waals surface area contributed by atoms with Crippen LogP contribution in [-0.2, 0) is 19.9 Å². The fraction of sp³-hybridized carbons (Fsp3) is 0.200. The zero-order valence-electron chi connectivity index (χ0n) is 14.0. The number of carbonyl (C=O) groups is 2. The molecule has 5 nitrogen and oxygen atoms in total. The van der Waals surface area contributed by atoms with Gasteiger partial charge in [0, 0.05) is 25.1 Å². The molecule has 1 spiro atoms. The molecular weight excluding hydrogens is 318 g/mol. The number of ether oxygens (including phenoxy) is 2. The van der Waals surface area contributed by atoms with Crippen molar-refractivity contribution in [2.75, 3.05) is 19.1 Å². The highest BCUT2D eigenvalue weighted by atomic mass is 16.6. The van der Waals surface area contributed by atoms with Gasteiger partial charge in [0.2, 0.25) is 5.60 Å². The summed E-state index contributed by atoms with van der Waals surface area (Å²) < 4.78 is 10.8. The quantitative estimate of drug-likeness (QED) is 0.792. The van der Waals surface area contributed by atoms with Crippen LogP contribution < -0.4 is 9.64 Å². The van der Waals surface area contributed by atoms with Crippen LogP contribution in [0.5, 0.6) is 5.75 Å². The molecule has 1 atom stereocenters. The van der Waals surface area contributed by atoms with Gasteiger partial charge in [0.25, 0.3) is 5.91 Å². The summed E-state index contributed by atoms with van der Waals surface area (Å²) in [6, 6.07) is 14.9. The van der Waals surface area contributed by atoms with Crippen LogP contribution in [0.25, 0.3) is 5.57 Å². The van der Waals surface area contributed by atoms with Crippen LogP contribution in [0.3, 0.4) is 0 Å². The third kappa shape index (κ3) is 2.23. The van der Waals surface area contributed by atoms with E-state index in [9.17, 15) is 9.59 Å². The number of benzene rings is 2. The maximum Gasteiger partial charge on any atom is 0.332 e. The van der Waals surface area contributed by atoms with Crippen LogP contribution in [0.2, 0.25) is 0 Å². The van der Waals surface area contributed by atoms with Gasteiger partial charge in [-0.15, -0.1) is 0 Å². The minimum atomic E-state index is -1.29. The van der Waals surface area contributed by atoms with Crippen LogP contribution in [0.1, 0.15) is 17.5 Å². The van der Waals surface area contributed by atoms with Crippen molar-refractivity contribution >= 4 is 23.1 Å². The van der Waals surface area contributed by atoms with E-state index in [4.69, 9.17) is 9.47 Å². The molecule has 0 N–H and O–H groups in total. The summed E-state index contributed by atoms with van der Waals surface area (Å²) in [6.07, 6.45) is 1.77. The predicted octanol–water partition coefficient (Wildman–Crippen LogP) is 2.90. The lowest BCUT2D eigenvalue weighted by Gasteiger charge is -2.32. The van der Waals surface area contributed by atoms with E-state index in [1.54, 1.807) is 19.1 Å². The maximum absolute atomic E-state index is 13.0. The summed E-state index contributed by atoms with van der Waals surface area (Å²) in [6.45, 7) is 0. The molecule has 0 aromatic heterocycles. The standard InChI is InChI=1S/C20H17NO4/c1-21-17-6-4-3-5-16(17)20(19(21)23)12-14(11-18(22)25-20)13-7-9-15(24-2)10-8-13/h3-11H,12H2,1-2H3/t20-/m1/s1. The summed E-state index contributed by atoms with van der Waals surface area (Å²) in [5.41, 5.74) is 1.87. The minimum Gasteiger partial charge on any atom is -0.497 e. The van der Waals surface area contributed by atoms with Crippen molar-refractivity contribution in [3.05, 3.63) is 65.7 Å². The molecule has 0 unspecified atom stereocenters. The predicted molar refractivity (Wildman–Crippen MR) is 93.2 cm³/mol. The van der Waals surface area contributed by atoms with Crippen molar-refractivity contribution in [2.45, 2.75) is 12.0 Å². The van der Waals surface area contributed by atoms with E-state index in [2.05, 4.69) is 0 Å². The summed E-state index contributed by atoms with van der Waals surface area (Å²) >= 11 is 0. The van der Waals surface area contributed by atoms with Crippen LogP contribution in [0.15, 0.2) is 54.6 Å². The molecule has 2 aromatic rings.